The van der Waals surface area contributed by atoms with Crippen molar-refractivity contribution in [1.29, 1.82) is 0 Å². The van der Waals surface area contributed by atoms with E-state index in [1.54, 1.807) is 18.2 Å². The predicted octanol–water partition coefficient (Wildman–Crippen LogP) is 1.19. The summed E-state index contributed by atoms with van der Waals surface area (Å²) >= 11 is 0. The second-order valence-corrected chi connectivity index (χ2v) is 4.37. The van der Waals surface area contributed by atoms with E-state index in [0.29, 0.717) is 5.56 Å². The van der Waals surface area contributed by atoms with E-state index in [1.165, 1.54) is 6.07 Å². The first-order chi connectivity index (χ1) is 8.43. The molecular weight excluding hydrogens is 234 g/mol. The van der Waals surface area contributed by atoms with Crippen LogP contribution in [-0.2, 0) is 11.3 Å². The molecular formula is C12H17N3O3. The lowest BCUT2D eigenvalue weighted by molar-refractivity contribution is -0.385. The first-order valence-electron chi connectivity index (χ1n) is 5.69. The van der Waals surface area contributed by atoms with Crippen LogP contribution in [0.3, 0.4) is 0 Å². The van der Waals surface area contributed by atoms with Gasteiger partial charge in [-0.25, -0.2) is 0 Å². The zero-order valence-electron chi connectivity index (χ0n) is 10.4. The topological polar surface area (TPSA) is 98.3 Å². The standard InChI is InChI=1S/C12H17N3O3/c1-8(2)11(13)12(16)14-7-9-5-3-4-6-10(9)15(17)18/h3-6,8,11H,7,13H2,1-2H3,(H,14,16)/t11-/m1/s1. The Hall–Kier alpha value is -1.95. The molecule has 1 amide bonds. The summed E-state index contributed by atoms with van der Waals surface area (Å²) in [5, 5.41) is 13.4. The monoisotopic (exact) mass is 251 g/mol. The number of nitrogens with one attached hydrogen (secondary N) is 1. The van der Waals surface area contributed by atoms with Crippen LogP contribution in [0.15, 0.2) is 24.3 Å². The summed E-state index contributed by atoms with van der Waals surface area (Å²) in [4.78, 5) is 21.9. The summed E-state index contributed by atoms with van der Waals surface area (Å²) in [6.45, 7) is 3.79. The summed E-state index contributed by atoms with van der Waals surface area (Å²) in [6, 6.07) is 5.69. The SMILES string of the molecule is CC(C)[C@@H](N)C(=O)NCc1ccccc1[N+](=O)[O-]. The molecule has 0 spiro atoms. The van der Waals surface area contributed by atoms with Crippen LogP contribution in [0.5, 0.6) is 0 Å². The van der Waals surface area contributed by atoms with Gasteiger partial charge in [0.15, 0.2) is 0 Å². The number of nitro benzene ring substituents is 1. The molecule has 0 heterocycles. The largest absolute Gasteiger partial charge is 0.350 e. The van der Waals surface area contributed by atoms with Crippen LogP contribution < -0.4 is 11.1 Å². The molecule has 3 N–H and O–H groups in total. The Labute approximate surface area is 105 Å². The second kappa shape index (κ2) is 6.11. The van der Waals surface area contributed by atoms with Crippen molar-refractivity contribution in [3.8, 4) is 0 Å². The van der Waals surface area contributed by atoms with Gasteiger partial charge in [-0.3, -0.25) is 14.9 Å². The summed E-state index contributed by atoms with van der Waals surface area (Å²) in [5.74, 6) is -0.279. The van der Waals surface area contributed by atoms with E-state index in [-0.39, 0.29) is 24.1 Å². The predicted molar refractivity (Wildman–Crippen MR) is 67.8 cm³/mol. The van der Waals surface area contributed by atoms with Crippen molar-refractivity contribution in [1.82, 2.24) is 5.32 Å². The van der Waals surface area contributed by atoms with Gasteiger partial charge in [0, 0.05) is 18.2 Å². The van der Waals surface area contributed by atoms with Gasteiger partial charge in [-0.2, -0.15) is 0 Å². The van der Waals surface area contributed by atoms with E-state index in [1.807, 2.05) is 13.8 Å². The van der Waals surface area contributed by atoms with Crippen LogP contribution in [-0.4, -0.2) is 16.9 Å². The average molecular weight is 251 g/mol. The molecule has 0 aliphatic carbocycles. The Morgan fingerprint density at radius 3 is 2.61 bits per heavy atom. The molecule has 1 aromatic carbocycles. The van der Waals surface area contributed by atoms with Gasteiger partial charge in [-0.15, -0.1) is 0 Å². The summed E-state index contributed by atoms with van der Waals surface area (Å²) in [5.41, 5.74) is 6.14. The molecule has 0 radical (unpaired) electrons. The maximum Gasteiger partial charge on any atom is 0.274 e. The second-order valence-electron chi connectivity index (χ2n) is 4.37. The van der Waals surface area contributed by atoms with Crippen molar-refractivity contribution in [2.75, 3.05) is 0 Å². The third kappa shape index (κ3) is 3.53. The molecule has 0 saturated heterocycles. The third-order valence-corrected chi connectivity index (χ3v) is 2.66. The minimum absolute atomic E-state index is 0.00378. The molecule has 0 fully saturated rings. The molecule has 0 unspecified atom stereocenters. The van der Waals surface area contributed by atoms with E-state index < -0.39 is 11.0 Å². The lowest BCUT2D eigenvalue weighted by Gasteiger charge is -2.15. The van der Waals surface area contributed by atoms with Crippen molar-refractivity contribution < 1.29 is 9.72 Å². The number of carbonyl (C=O) groups is 1. The highest BCUT2D eigenvalue weighted by atomic mass is 16.6. The van der Waals surface area contributed by atoms with E-state index in [0.717, 1.165) is 0 Å². The Morgan fingerprint density at radius 2 is 2.06 bits per heavy atom. The Morgan fingerprint density at radius 1 is 1.44 bits per heavy atom. The minimum atomic E-state index is -0.604. The fraction of sp³-hybridized carbons (Fsp3) is 0.417. The van der Waals surface area contributed by atoms with Crippen molar-refractivity contribution >= 4 is 11.6 Å². The van der Waals surface area contributed by atoms with Gasteiger partial charge in [0.05, 0.1) is 11.0 Å². The van der Waals surface area contributed by atoms with Gasteiger partial charge in [-0.05, 0) is 5.92 Å². The lowest BCUT2D eigenvalue weighted by Crippen LogP contribution is -2.43. The molecule has 0 aromatic heterocycles. The van der Waals surface area contributed by atoms with E-state index in [9.17, 15) is 14.9 Å². The van der Waals surface area contributed by atoms with E-state index in [2.05, 4.69) is 5.32 Å². The van der Waals surface area contributed by atoms with E-state index in [4.69, 9.17) is 5.73 Å². The number of benzene rings is 1. The quantitative estimate of drug-likeness (QED) is 0.606. The molecule has 1 aromatic rings. The fourth-order valence-electron chi connectivity index (χ4n) is 1.44. The van der Waals surface area contributed by atoms with Gasteiger partial charge in [0.25, 0.3) is 5.69 Å². The summed E-state index contributed by atoms with van der Waals surface area (Å²) < 4.78 is 0. The molecule has 6 heteroatoms. The van der Waals surface area contributed by atoms with Gasteiger partial charge in [0.1, 0.15) is 0 Å². The Bertz CT molecular complexity index is 446. The molecule has 0 saturated carbocycles. The van der Waals surface area contributed by atoms with Crippen LogP contribution in [0.4, 0.5) is 5.69 Å². The number of hydrogen-bond acceptors (Lipinski definition) is 4. The van der Waals surface area contributed by atoms with Crippen LogP contribution in [0.1, 0.15) is 19.4 Å². The highest BCUT2D eigenvalue weighted by Crippen LogP contribution is 2.17. The molecule has 0 bridgehead atoms. The number of para-hydroxylation sites is 1. The van der Waals surface area contributed by atoms with Crippen molar-refractivity contribution in [3.63, 3.8) is 0 Å². The fourth-order valence-corrected chi connectivity index (χ4v) is 1.44. The summed E-state index contributed by atoms with van der Waals surface area (Å²) in [6.07, 6.45) is 0. The maximum absolute atomic E-state index is 11.6. The first kappa shape index (κ1) is 14.1. The smallest absolute Gasteiger partial charge is 0.274 e. The van der Waals surface area contributed by atoms with Crippen LogP contribution in [0.2, 0.25) is 0 Å². The number of nitrogens with two attached hydrogens (primary N) is 1. The lowest BCUT2D eigenvalue weighted by atomic mass is 10.0. The molecule has 1 rings (SSSR count). The first-order valence-corrected chi connectivity index (χ1v) is 5.69. The molecule has 0 aliphatic rings. The maximum atomic E-state index is 11.6. The number of amides is 1. The van der Waals surface area contributed by atoms with Crippen LogP contribution in [0.25, 0.3) is 0 Å². The molecule has 1 atom stereocenters. The number of carbonyl (C=O) groups excluding carboxylic acids is 1. The number of nitro groups is 1. The van der Waals surface area contributed by atoms with Crippen LogP contribution in [0, 0.1) is 16.0 Å². The minimum Gasteiger partial charge on any atom is -0.350 e. The van der Waals surface area contributed by atoms with Gasteiger partial charge in [-0.1, -0.05) is 32.0 Å². The van der Waals surface area contributed by atoms with Crippen LogP contribution >= 0.6 is 0 Å². The Balaban J connectivity index is 2.70. The highest BCUT2D eigenvalue weighted by Gasteiger charge is 2.18. The summed E-state index contributed by atoms with van der Waals surface area (Å²) in [7, 11) is 0. The number of nitrogens with zero attached hydrogens (tertiary/aromatic N) is 1. The average Bonchev–Trinajstić information content (AvgIpc) is 2.35. The highest BCUT2D eigenvalue weighted by molar-refractivity contribution is 5.81. The van der Waals surface area contributed by atoms with E-state index >= 15 is 0 Å². The van der Waals surface area contributed by atoms with Gasteiger partial charge < -0.3 is 11.1 Å². The molecule has 98 valence electrons. The number of rotatable bonds is 5. The molecule has 0 aliphatic heterocycles. The Kier molecular flexibility index (Phi) is 4.79. The molecule has 6 nitrogen and oxygen atoms in total. The van der Waals surface area contributed by atoms with Crippen molar-refractivity contribution in [2.24, 2.45) is 11.7 Å². The normalized spacial score (nSPS) is 12.2. The zero-order chi connectivity index (χ0) is 13.7. The third-order valence-electron chi connectivity index (χ3n) is 2.66. The van der Waals surface area contributed by atoms with Gasteiger partial charge >= 0.3 is 0 Å². The van der Waals surface area contributed by atoms with Crippen molar-refractivity contribution in [2.45, 2.75) is 26.4 Å². The number of hydrogen-bond donors (Lipinski definition) is 2. The zero-order valence-corrected chi connectivity index (χ0v) is 10.4. The molecule has 18 heavy (non-hydrogen) atoms. The van der Waals surface area contributed by atoms with Gasteiger partial charge in [0.2, 0.25) is 5.91 Å². The van der Waals surface area contributed by atoms with Crippen molar-refractivity contribution in [3.05, 3.63) is 39.9 Å².